The number of nitriles is 1. The summed E-state index contributed by atoms with van der Waals surface area (Å²) in [5, 5.41) is 18.7. The molecule has 4 nitrogen and oxygen atoms in total. The monoisotopic (exact) mass is 347 g/mol. The third-order valence-corrected chi connectivity index (χ3v) is 3.86. The number of carbonyl (C=O) groups is 1. The van der Waals surface area contributed by atoms with Crippen LogP contribution in [0.4, 0.5) is 4.39 Å². The second kappa shape index (κ2) is 7.80. The van der Waals surface area contributed by atoms with Crippen molar-refractivity contribution in [2.24, 2.45) is 0 Å². The van der Waals surface area contributed by atoms with E-state index < -0.39 is 11.8 Å². The molecule has 0 amide bonds. The van der Waals surface area contributed by atoms with Crippen molar-refractivity contribution in [1.29, 1.82) is 5.26 Å². The molecule has 0 saturated carbocycles. The first-order valence-electron chi connectivity index (χ1n) is 7.38. The number of carboxylic acids is 1. The van der Waals surface area contributed by atoms with Crippen LogP contribution in [0.1, 0.15) is 35.7 Å². The van der Waals surface area contributed by atoms with E-state index in [0.717, 1.165) is 12.8 Å². The molecular weight excluding hydrogens is 333 g/mol. The topological polar surface area (TPSA) is 70.3 Å². The minimum Gasteiger partial charge on any atom is -0.493 e. The minimum atomic E-state index is -1.27. The van der Waals surface area contributed by atoms with Gasteiger partial charge in [-0.1, -0.05) is 37.1 Å². The van der Waals surface area contributed by atoms with Crippen molar-refractivity contribution in [2.75, 3.05) is 6.61 Å². The van der Waals surface area contributed by atoms with Gasteiger partial charge in [0.15, 0.2) is 0 Å². The van der Waals surface area contributed by atoms with E-state index in [-0.39, 0.29) is 33.0 Å². The zero-order chi connectivity index (χ0) is 17.7. The third-order valence-electron chi connectivity index (χ3n) is 3.48. The Balaban J connectivity index is 2.72. The van der Waals surface area contributed by atoms with Gasteiger partial charge in [-0.2, -0.15) is 5.26 Å². The molecular formula is C18H15ClFNO3. The maximum atomic E-state index is 13.8. The van der Waals surface area contributed by atoms with Crippen LogP contribution >= 0.6 is 11.6 Å². The smallest absolute Gasteiger partial charge is 0.340 e. The van der Waals surface area contributed by atoms with Gasteiger partial charge in [-0.3, -0.25) is 0 Å². The first kappa shape index (κ1) is 17.8. The second-order valence-corrected chi connectivity index (χ2v) is 5.46. The van der Waals surface area contributed by atoms with Gasteiger partial charge in [0.2, 0.25) is 0 Å². The number of ether oxygens (including phenoxy) is 1. The molecule has 6 heteroatoms. The van der Waals surface area contributed by atoms with Gasteiger partial charge < -0.3 is 9.84 Å². The van der Waals surface area contributed by atoms with Crippen molar-refractivity contribution in [3.8, 4) is 22.9 Å². The van der Waals surface area contributed by atoms with Crippen LogP contribution in [-0.2, 0) is 0 Å². The molecule has 0 heterocycles. The summed E-state index contributed by atoms with van der Waals surface area (Å²) < 4.78 is 19.3. The summed E-state index contributed by atoms with van der Waals surface area (Å²) in [4.78, 5) is 11.8. The van der Waals surface area contributed by atoms with Crippen molar-refractivity contribution in [1.82, 2.24) is 0 Å². The summed E-state index contributed by atoms with van der Waals surface area (Å²) in [6.45, 7) is 2.33. The maximum Gasteiger partial charge on any atom is 0.340 e. The van der Waals surface area contributed by atoms with E-state index in [1.165, 1.54) is 30.3 Å². The van der Waals surface area contributed by atoms with Crippen LogP contribution in [0.5, 0.6) is 5.75 Å². The van der Waals surface area contributed by atoms with Gasteiger partial charge in [0.05, 0.1) is 23.3 Å². The summed E-state index contributed by atoms with van der Waals surface area (Å²) in [5.41, 5.74) is 0.0930. The van der Waals surface area contributed by atoms with Crippen molar-refractivity contribution in [2.45, 2.75) is 19.8 Å². The molecule has 0 aliphatic carbocycles. The molecule has 1 N–H and O–H groups in total. The highest BCUT2D eigenvalue weighted by Gasteiger charge is 2.24. The van der Waals surface area contributed by atoms with Gasteiger partial charge in [-0.05, 0) is 24.6 Å². The molecule has 124 valence electrons. The molecule has 0 spiro atoms. The minimum absolute atomic E-state index is 0.0588. The van der Waals surface area contributed by atoms with Crippen molar-refractivity contribution < 1.29 is 19.0 Å². The van der Waals surface area contributed by atoms with Crippen LogP contribution in [-0.4, -0.2) is 17.7 Å². The summed E-state index contributed by atoms with van der Waals surface area (Å²) >= 11 is 5.99. The number of benzene rings is 2. The van der Waals surface area contributed by atoms with Gasteiger partial charge in [-0.25, -0.2) is 9.18 Å². The van der Waals surface area contributed by atoms with Gasteiger partial charge in [-0.15, -0.1) is 0 Å². The molecule has 0 saturated heterocycles. The molecule has 0 atom stereocenters. The Hall–Kier alpha value is -2.58. The zero-order valence-corrected chi connectivity index (χ0v) is 13.7. The van der Waals surface area contributed by atoms with Crippen LogP contribution in [0.2, 0.25) is 5.02 Å². The lowest BCUT2D eigenvalue weighted by Crippen LogP contribution is -2.08. The highest BCUT2D eigenvalue weighted by atomic mass is 35.5. The number of hydrogen-bond acceptors (Lipinski definition) is 3. The molecule has 0 aliphatic heterocycles. The van der Waals surface area contributed by atoms with Crippen LogP contribution in [0, 0.1) is 17.1 Å². The van der Waals surface area contributed by atoms with Crippen LogP contribution in [0.15, 0.2) is 30.3 Å². The lowest BCUT2D eigenvalue weighted by atomic mass is 9.93. The van der Waals surface area contributed by atoms with E-state index in [1.54, 1.807) is 0 Å². The summed E-state index contributed by atoms with van der Waals surface area (Å²) in [5.74, 6) is -1.83. The van der Waals surface area contributed by atoms with Gasteiger partial charge in [0.1, 0.15) is 17.1 Å². The fourth-order valence-corrected chi connectivity index (χ4v) is 2.53. The van der Waals surface area contributed by atoms with E-state index in [2.05, 4.69) is 0 Å². The molecule has 0 fully saturated rings. The number of hydrogen-bond donors (Lipinski definition) is 1. The number of rotatable bonds is 6. The average molecular weight is 348 g/mol. The van der Waals surface area contributed by atoms with Crippen LogP contribution in [0.3, 0.4) is 0 Å². The predicted octanol–water partition coefficient (Wildman–Crippen LogP) is 4.89. The Bertz CT molecular complexity index is 815. The summed E-state index contributed by atoms with van der Waals surface area (Å²) in [6, 6.07) is 8.87. The van der Waals surface area contributed by atoms with Crippen molar-refractivity contribution >= 4 is 17.6 Å². The quantitative estimate of drug-likeness (QED) is 0.755. The summed E-state index contributed by atoms with van der Waals surface area (Å²) in [7, 11) is 0. The lowest BCUT2D eigenvalue weighted by Gasteiger charge is -2.15. The number of unbranched alkanes of at least 4 members (excludes halogenated alkanes) is 1. The molecule has 0 bridgehead atoms. The van der Waals surface area contributed by atoms with E-state index >= 15 is 0 Å². The van der Waals surface area contributed by atoms with Gasteiger partial charge >= 0.3 is 5.97 Å². The Morgan fingerprint density at radius 1 is 1.38 bits per heavy atom. The Morgan fingerprint density at radius 3 is 2.75 bits per heavy atom. The Kier molecular flexibility index (Phi) is 5.78. The molecule has 0 aliphatic rings. The molecule has 2 aromatic carbocycles. The Labute approximate surface area is 144 Å². The standard InChI is InChI=1S/C18H15ClFNO3/c1-2-3-9-24-14-8-7-11(10-21)15(16(14)18(22)23)12-5-4-6-13(20)17(12)19/h4-8H,2-3,9H2,1H3,(H,22,23). The molecule has 0 radical (unpaired) electrons. The first-order valence-corrected chi connectivity index (χ1v) is 7.76. The fourth-order valence-electron chi connectivity index (χ4n) is 2.31. The van der Waals surface area contributed by atoms with E-state index in [0.29, 0.717) is 6.61 Å². The van der Waals surface area contributed by atoms with Crippen LogP contribution < -0.4 is 4.74 Å². The number of nitrogens with zero attached hydrogens (tertiary/aromatic N) is 1. The van der Waals surface area contributed by atoms with Crippen molar-refractivity contribution in [3.63, 3.8) is 0 Å². The number of carboxylic acid groups (broad SMARTS) is 1. The third kappa shape index (κ3) is 3.50. The maximum absolute atomic E-state index is 13.8. The molecule has 0 unspecified atom stereocenters. The van der Waals surface area contributed by atoms with E-state index in [9.17, 15) is 19.6 Å². The first-order chi connectivity index (χ1) is 11.5. The highest BCUT2D eigenvalue weighted by Crippen LogP contribution is 2.38. The van der Waals surface area contributed by atoms with Crippen molar-refractivity contribution in [3.05, 3.63) is 52.3 Å². The Morgan fingerprint density at radius 2 is 2.12 bits per heavy atom. The zero-order valence-electron chi connectivity index (χ0n) is 13.0. The lowest BCUT2D eigenvalue weighted by molar-refractivity contribution is 0.0693. The van der Waals surface area contributed by atoms with Gasteiger partial charge in [0.25, 0.3) is 0 Å². The largest absolute Gasteiger partial charge is 0.493 e. The molecule has 0 aromatic heterocycles. The number of aromatic carboxylic acids is 1. The average Bonchev–Trinajstić information content (AvgIpc) is 2.57. The molecule has 24 heavy (non-hydrogen) atoms. The fraction of sp³-hybridized carbons (Fsp3) is 0.222. The van der Waals surface area contributed by atoms with Gasteiger partial charge in [0, 0.05) is 11.1 Å². The van der Waals surface area contributed by atoms with Crippen LogP contribution in [0.25, 0.3) is 11.1 Å². The number of halogens is 2. The SMILES string of the molecule is CCCCOc1ccc(C#N)c(-c2cccc(F)c2Cl)c1C(=O)O. The summed E-state index contributed by atoms with van der Waals surface area (Å²) in [6.07, 6.45) is 1.65. The highest BCUT2D eigenvalue weighted by molar-refractivity contribution is 6.33. The molecule has 2 rings (SSSR count). The molecule has 2 aromatic rings. The predicted molar refractivity (Wildman–Crippen MR) is 88.9 cm³/mol. The van der Waals surface area contributed by atoms with E-state index in [4.69, 9.17) is 16.3 Å². The second-order valence-electron chi connectivity index (χ2n) is 5.08. The van der Waals surface area contributed by atoms with E-state index in [1.807, 2.05) is 13.0 Å². The normalized spacial score (nSPS) is 10.2.